The molecular formula is C15H22N2O2. The number of hydrogen-bond donors (Lipinski definition) is 0. The van der Waals surface area contributed by atoms with Crippen molar-refractivity contribution < 1.29 is 9.47 Å². The average molecular weight is 262 g/mol. The van der Waals surface area contributed by atoms with Crippen LogP contribution >= 0.6 is 0 Å². The lowest BCUT2D eigenvalue weighted by atomic mass is 9.77. The summed E-state index contributed by atoms with van der Waals surface area (Å²) in [6.45, 7) is 5.13. The smallest absolute Gasteiger partial charge is 0.0623 e. The fourth-order valence-electron chi connectivity index (χ4n) is 3.31. The van der Waals surface area contributed by atoms with Gasteiger partial charge in [-0.3, -0.25) is 9.88 Å². The van der Waals surface area contributed by atoms with Crippen molar-refractivity contribution in [2.75, 3.05) is 40.0 Å². The van der Waals surface area contributed by atoms with Gasteiger partial charge >= 0.3 is 0 Å². The number of methoxy groups -OCH3 is 1. The topological polar surface area (TPSA) is 34.6 Å². The monoisotopic (exact) mass is 262 g/mol. The average Bonchev–Trinajstić information content (AvgIpc) is 2.80. The Labute approximate surface area is 114 Å². The van der Waals surface area contributed by atoms with Gasteiger partial charge in [-0.2, -0.15) is 0 Å². The molecule has 0 bridgehead atoms. The zero-order valence-corrected chi connectivity index (χ0v) is 11.5. The standard InChI is InChI=1S/C15H22N2O2/c1-18-6-5-17-10-15(11-17)8-14(19-12-15)7-13-3-2-4-16-9-13/h2-4,9,14H,5-8,10-12H2,1H3/t14-/m1/s1. The molecule has 0 radical (unpaired) electrons. The summed E-state index contributed by atoms with van der Waals surface area (Å²) in [6, 6.07) is 4.13. The van der Waals surface area contributed by atoms with E-state index in [1.165, 1.54) is 25.1 Å². The van der Waals surface area contributed by atoms with Gasteiger partial charge in [0.05, 0.1) is 19.3 Å². The molecule has 104 valence electrons. The number of aromatic nitrogens is 1. The molecule has 0 aromatic carbocycles. The van der Waals surface area contributed by atoms with Gasteiger partial charge in [0.2, 0.25) is 0 Å². The van der Waals surface area contributed by atoms with Crippen molar-refractivity contribution in [3.8, 4) is 0 Å². The molecule has 1 aromatic rings. The molecular weight excluding hydrogens is 240 g/mol. The van der Waals surface area contributed by atoms with Crippen molar-refractivity contribution in [3.63, 3.8) is 0 Å². The van der Waals surface area contributed by atoms with Crippen LogP contribution in [0.15, 0.2) is 24.5 Å². The lowest BCUT2D eigenvalue weighted by Gasteiger charge is -2.47. The SMILES string of the molecule is COCCN1CC2(CO[C@H](Cc3cccnc3)C2)C1. The van der Waals surface area contributed by atoms with E-state index in [0.717, 1.165) is 26.2 Å². The Morgan fingerprint density at radius 1 is 1.53 bits per heavy atom. The molecule has 19 heavy (non-hydrogen) atoms. The van der Waals surface area contributed by atoms with Crippen molar-refractivity contribution >= 4 is 0 Å². The number of hydrogen-bond acceptors (Lipinski definition) is 4. The first-order chi connectivity index (χ1) is 9.30. The Balaban J connectivity index is 1.46. The van der Waals surface area contributed by atoms with E-state index in [-0.39, 0.29) is 0 Å². The highest BCUT2D eigenvalue weighted by molar-refractivity contribution is 5.11. The summed E-state index contributed by atoms with van der Waals surface area (Å²) in [5.74, 6) is 0. The molecule has 0 aliphatic carbocycles. The number of ether oxygens (including phenoxy) is 2. The molecule has 2 fully saturated rings. The third kappa shape index (κ3) is 2.96. The van der Waals surface area contributed by atoms with Gasteiger partial charge in [-0.1, -0.05) is 6.07 Å². The zero-order valence-electron chi connectivity index (χ0n) is 11.5. The van der Waals surface area contributed by atoms with Crippen LogP contribution in [0.1, 0.15) is 12.0 Å². The largest absolute Gasteiger partial charge is 0.383 e. The van der Waals surface area contributed by atoms with Gasteiger partial charge in [0.25, 0.3) is 0 Å². The maximum absolute atomic E-state index is 5.98. The Hall–Kier alpha value is -0.970. The number of pyridine rings is 1. The predicted octanol–water partition coefficient (Wildman–Crippen LogP) is 1.36. The molecule has 1 aromatic heterocycles. The molecule has 2 aliphatic heterocycles. The van der Waals surface area contributed by atoms with Gasteiger partial charge in [0, 0.05) is 51.0 Å². The fraction of sp³-hybridized carbons (Fsp3) is 0.667. The quantitative estimate of drug-likeness (QED) is 0.802. The Morgan fingerprint density at radius 2 is 2.42 bits per heavy atom. The predicted molar refractivity (Wildman–Crippen MR) is 73.0 cm³/mol. The van der Waals surface area contributed by atoms with Gasteiger partial charge in [-0.25, -0.2) is 0 Å². The van der Waals surface area contributed by atoms with Crippen LogP contribution in [-0.4, -0.2) is 55.9 Å². The maximum atomic E-state index is 5.98. The van der Waals surface area contributed by atoms with Gasteiger partial charge in [-0.05, 0) is 18.1 Å². The third-order valence-electron chi connectivity index (χ3n) is 4.20. The van der Waals surface area contributed by atoms with E-state index in [1.54, 1.807) is 7.11 Å². The van der Waals surface area contributed by atoms with E-state index in [9.17, 15) is 0 Å². The van der Waals surface area contributed by atoms with Crippen LogP contribution in [0.3, 0.4) is 0 Å². The summed E-state index contributed by atoms with van der Waals surface area (Å²) in [6.07, 6.45) is 6.31. The second-order valence-electron chi connectivity index (χ2n) is 5.91. The lowest BCUT2D eigenvalue weighted by Crippen LogP contribution is -2.57. The van der Waals surface area contributed by atoms with Crippen LogP contribution in [0.2, 0.25) is 0 Å². The molecule has 1 spiro atoms. The van der Waals surface area contributed by atoms with Crippen LogP contribution in [0.5, 0.6) is 0 Å². The molecule has 3 heterocycles. The van der Waals surface area contributed by atoms with Gasteiger partial charge in [-0.15, -0.1) is 0 Å². The first-order valence-electron chi connectivity index (χ1n) is 7.01. The highest BCUT2D eigenvalue weighted by atomic mass is 16.5. The van der Waals surface area contributed by atoms with Crippen molar-refractivity contribution in [1.29, 1.82) is 0 Å². The highest BCUT2D eigenvalue weighted by Crippen LogP contribution is 2.41. The summed E-state index contributed by atoms with van der Waals surface area (Å²) in [4.78, 5) is 6.62. The van der Waals surface area contributed by atoms with E-state index < -0.39 is 0 Å². The molecule has 2 aliphatic rings. The Kier molecular flexibility index (Phi) is 3.82. The normalized spacial score (nSPS) is 25.6. The minimum Gasteiger partial charge on any atom is -0.383 e. The Morgan fingerprint density at radius 3 is 3.16 bits per heavy atom. The summed E-state index contributed by atoms with van der Waals surface area (Å²) in [5.41, 5.74) is 1.70. The van der Waals surface area contributed by atoms with Crippen molar-refractivity contribution in [1.82, 2.24) is 9.88 Å². The molecule has 2 saturated heterocycles. The number of rotatable bonds is 5. The van der Waals surface area contributed by atoms with Crippen LogP contribution in [0.25, 0.3) is 0 Å². The van der Waals surface area contributed by atoms with E-state index in [1.807, 2.05) is 18.5 Å². The van der Waals surface area contributed by atoms with E-state index in [4.69, 9.17) is 9.47 Å². The maximum Gasteiger partial charge on any atom is 0.0623 e. The van der Waals surface area contributed by atoms with Crippen molar-refractivity contribution in [2.45, 2.75) is 18.9 Å². The zero-order chi connectivity index (χ0) is 13.1. The molecule has 0 amide bonds. The number of likely N-dealkylation sites (tertiary alicyclic amines) is 1. The summed E-state index contributed by atoms with van der Waals surface area (Å²) < 4.78 is 11.1. The van der Waals surface area contributed by atoms with Crippen LogP contribution in [0, 0.1) is 5.41 Å². The molecule has 3 rings (SSSR count). The third-order valence-corrected chi connectivity index (χ3v) is 4.20. The van der Waals surface area contributed by atoms with Crippen LogP contribution < -0.4 is 0 Å². The van der Waals surface area contributed by atoms with E-state index in [0.29, 0.717) is 11.5 Å². The summed E-state index contributed by atoms with van der Waals surface area (Å²) in [5, 5.41) is 0. The van der Waals surface area contributed by atoms with Crippen LogP contribution in [-0.2, 0) is 15.9 Å². The van der Waals surface area contributed by atoms with Gasteiger partial charge in [0.1, 0.15) is 0 Å². The molecule has 4 nitrogen and oxygen atoms in total. The minimum atomic E-state index is 0.369. The lowest BCUT2D eigenvalue weighted by molar-refractivity contribution is -0.0202. The summed E-state index contributed by atoms with van der Waals surface area (Å²) in [7, 11) is 1.76. The number of nitrogens with zero attached hydrogens (tertiary/aromatic N) is 2. The fourth-order valence-corrected chi connectivity index (χ4v) is 3.31. The van der Waals surface area contributed by atoms with Crippen molar-refractivity contribution in [3.05, 3.63) is 30.1 Å². The first-order valence-corrected chi connectivity index (χ1v) is 7.01. The molecule has 4 heteroatoms. The second kappa shape index (κ2) is 5.57. The first kappa shape index (κ1) is 13.0. The Bertz CT molecular complexity index is 404. The summed E-state index contributed by atoms with van der Waals surface area (Å²) >= 11 is 0. The van der Waals surface area contributed by atoms with E-state index >= 15 is 0 Å². The second-order valence-corrected chi connectivity index (χ2v) is 5.91. The van der Waals surface area contributed by atoms with E-state index in [2.05, 4.69) is 16.0 Å². The van der Waals surface area contributed by atoms with Gasteiger partial charge < -0.3 is 9.47 Å². The van der Waals surface area contributed by atoms with Crippen molar-refractivity contribution in [2.24, 2.45) is 5.41 Å². The molecule has 0 saturated carbocycles. The molecule has 0 unspecified atom stereocenters. The van der Waals surface area contributed by atoms with Crippen LogP contribution in [0.4, 0.5) is 0 Å². The molecule has 0 N–H and O–H groups in total. The minimum absolute atomic E-state index is 0.369. The molecule has 1 atom stereocenters. The highest BCUT2D eigenvalue weighted by Gasteiger charge is 2.48. The van der Waals surface area contributed by atoms with Gasteiger partial charge in [0.15, 0.2) is 0 Å².